The molecule has 1 saturated heterocycles. The molecule has 2 heterocycles. The second kappa shape index (κ2) is 3.86. The SMILES string of the molecule is Cc1cc(S(=O)(=O)NC2CNC2)sc1C. The minimum absolute atomic E-state index is 0.0534. The fraction of sp³-hybridized carbons (Fsp3) is 0.556. The third-order valence-electron chi connectivity index (χ3n) is 2.51. The Bertz CT molecular complexity index is 441. The van der Waals surface area contributed by atoms with Gasteiger partial charge in [0, 0.05) is 24.0 Å². The number of hydrogen-bond donors (Lipinski definition) is 2. The van der Waals surface area contributed by atoms with E-state index in [-0.39, 0.29) is 6.04 Å². The molecule has 2 rings (SSSR count). The summed E-state index contributed by atoms with van der Waals surface area (Å²) in [6.45, 7) is 5.31. The fourth-order valence-electron chi connectivity index (χ4n) is 1.32. The molecule has 15 heavy (non-hydrogen) atoms. The molecule has 0 aliphatic carbocycles. The van der Waals surface area contributed by atoms with Crippen LogP contribution in [-0.2, 0) is 10.0 Å². The Morgan fingerprint density at radius 1 is 1.47 bits per heavy atom. The summed E-state index contributed by atoms with van der Waals surface area (Å²) >= 11 is 1.33. The van der Waals surface area contributed by atoms with E-state index in [0.717, 1.165) is 23.5 Å². The van der Waals surface area contributed by atoms with Gasteiger partial charge in [0.15, 0.2) is 0 Å². The van der Waals surface area contributed by atoms with Crippen LogP contribution >= 0.6 is 11.3 Å². The third-order valence-corrected chi connectivity index (χ3v) is 5.66. The van der Waals surface area contributed by atoms with E-state index >= 15 is 0 Å². The zero-order valence-corrected chi connectivity index (χ0v) is 10.3. The van der Waals surface area contributed by atoms with Gasteiger partial charge in [-0.3, -0.25) is 0 Å². The zero-order chi connectivity index (χ0) is 11.1. The number of nitrogens with one attached hydrogen (secondary N) is 2. The van der Waals surface area contributed by atoms with Gasteiger partial charge in [0.25, 0.3) is 0 Å². The summed E-state index contributed by atoms with van der Waals surface area (Å²) in [4.78, 5) is 1.06. The van der Waals surface area contributed by atoms with Crippen LogP contribution in [0.1, 0.15) is 10.4 Å². The largest absolute Gasteiger partial charge is 0.313 e. The van der Waals surface area contributed by atoms with Gasteiger partial charge in [-0.2, -0.15) is 0 Å². The molecule has 0 saturated carbocycles. The maximum atomic E-state index is 11.9. The Morgan fingerprint density at radius 2 is 2.13 bits per heavy atom. The van der Waals surface area contributed by atoms with E-state index in [2.05, 4.69) is 10.0 Å². The molecular formula is C9H14N2O2S2. The van der Waals surface area contributed by atoms with Crippen LogP contribution in [0, 0.1) is 13.8 Å². The summed E-state index contributed by atoms with van der Waals surface area (Å²) in [6, 6.07) is 1.78. The molecule has 1 fully saturated rings. The third kappa shape index (κ3) is 2.23. The van der Waals surface area contributed by atoms with Gasteiger partial charge in [0.1, 0.15) is 4.21 Å². The van der Waals surface area contributed by atoms with Gasteiger partial charge in [-0.15, -0.1) is 11.3 Å². The highest BCUT2D eigenvalue weighted by atomic mass is 32.2. The average Bonchev–Trinajstić information content (AvgIpc) is 2.41. The lowest BCUT2D eigenvalue weighted by Gasteiger charge is -2.27. The molecule has 0 aromatic carbocycles. The summed E-state index contributed by atoms with van der Waals surface area (Å²) in [5, 5.41) is 3.03. The van der Waals surface area contributed by atoms with Crippen LogP contribution in [-0.4, -0.2) is 27.5 Å². The molecule has 0 atom stereocenters. The highest BCUT2D eigenvalue weighted by Crippen LogP contribution is 2.25. The van der Waals surface area contributed by atoms with Crippen molar-refractivity contribution in [1.82, 2.24) is 10.0 Å². The van der Waals surface area contributed by atoms with E-state index in [1.807, 2.05) is 13.8 Å². The van der Waals surface area contributed by atoms with Gasteiger partial charge in [-0.25, -0.2) is 13.1 Å². The number of rotatable bonds is 3. The lowest BCUT2D eigenvalue weighted by atomic mass is 10.2. The first-order valence-electron chi connectivity index (χ1n) is 4.79. The summed E-state index contributed by atoms with van der Waals surface area (Å²) in [5.41, 5.74) is 1.03. The molecule has 4 nitrogen and oxygen atoms in total. The fourth-order valence-corrected chi connectivity index (χ4v) is 4.09. The number of hydrogen-bond acceptors (Lipinski definition) is 4. The quantitative estimate of drug-likeness (QED) is 0.822. The van der Waals surface area contributed by atoms with E-state index < -0.39 is 10.0 Å². The molecule has 6 heteroatoms. The number of thiophene rings is 1. The van der Waals surface area contributed by atoms with Crippen LogP contribution < -0.4 is 10.0 Å². The predicted octanol–water partition coefficient (Wildman–Crippen LogP) is 0.615. The summed E-state index contributed by atoms with van der Waals surface area (Å²) in [6.07, 6.45) is 0. The van der Waals surface area contributed by atoms with Gasteiger partial charge in [-0.1, -0.05) is 0 Å². The van der Waals surface area contributed by atoms with Crippen molar-refractivity contribution in [3.05, 3.63) is 16.5 Å². The van der Waals surface area contributed by atoms with Crippen molar-refractivity contribution in [2.45, 2.75) is 24.1 Å². The molecule has 0 amide bonds. The normalized spacial score (nSPS) is 17.7. The van der Waals surface area contributed by atoms with Gasteiger partial charge < -0.3 is 5.32 Å². The monoisotopic (exact) mass is 246 g/mol. The highest BCUT2D eigenvalue weighted by Gasteiger charge is 2.25. The summed E-state index contributed by atoms with van der Waals surface area (Å²) in [5.74, 6) is 0. The summed E-state index contributed by atoms with van der Waals surface area (Å²) < 4.78 is 26.8. The average molecular weight is 246 g/mol. The molecule has 1 aromatic rings. The smallest absolute Gasteiger partial charge is 0.250 e. The van der Waals surface area contributed by atoms with Gasteiger partial charge in [-0.05, 0) is 25.5 Å². The molecule has 1 aliphatic heterocycles. The molecule has 0 spiro atoms. The van der Waals surface area contributed by atoms with Crippen molar-refractivity contribution >= 4 is 21.4 Å². The Morgan fingerprint density at radius 3 is 2.53 bits per heavy atom. The Hall–Kier alpha value is -0.430. The Labute approximate surface area is 93.8 Å². The lowest BCUT2D eigenvalue weighted by molar-refractivity contribution is 0.410. The molecule has 2 N–H and O–H groups in total. The van der Waals surface area contributed by atoms with E-state index in [1.54, 1.807) is 6.07 Å². The topological polar surface area (TPSA) is 58.2 Å². The van der Waals surface area contributed by atoms with E-state index in [9.17, 15) is 8.42 Å². The molecule has 0 bridgehead atoms. The first-order chi connectivity index (χ1) is 6.99. The maximum Gasteiger partial charge on any atom is 0.250 e. The first-order valence-corrected chi connectivity index (χ1v) is 7.09. The van der Waals surface area contributed by atoms with Gasteiger partial charge >= 0.3 is 0 Å². The van der Waals surface area contributed by atoms with Crippen LogP contribution in [0.3, 0.4) is 0 Å². The van der Waals surface area contributed by atoms with Gasteiger partial charge in [0.2, 0.25) is 10.0 Å². The van der Waals surface area contributed by atoms with Crippen molar-refractivity contribution in [1.29, 1.82) is 0 Å². The minimum atomic E-state index is -3.29. The molecule has 1 aromatic heterocycles. The van der Waals surface area contributed by atoms with Crippen LogP contribution in [0.15, 0.2) is 10.3 Å². The van der Waals surface area contributed by atoms with Crippen LogP contribution in [0.5, 0.6) is 0 Å². The lowest BCUT2D eigenvalue weighted by Crippen LogP contribution is -2.56. The second-order valence-corrected chi connectivity index (χ2v) is 6.98. The van der Waals surface area contributed by atoms with Crippen LogP contribution in [0.2, 0.25) is 0 Å². The van der Waals surface area contributed by atoms with Crippen molar-refractivity contribution in [3.63, 3.8) is 0 Å². The molecule has 0 unspecified atom stereocenters. The minimum Gasteiger partial charge on any atom is -0.313 e. The number of aryl methyl sites for hydroxylation is 2. The number of sulfonamides is 1. The van der Waals surface area contributed by atoms with E-state index in [1.165, 1.54) is 11.3 Å². The van der Waals surface area contributed by atoms with E-state index in [0.29, 0.717) is 4.21 Å². The standard InChI is InChI=1S/C9H14N2O2S2/c1-6-3-9(14-7(6)2)15(12,13)11-8-4-10-5-8/h3,8,10-11H,4-5H2,1-2H3. The highest BCUT2D eigenvalue weighted by molar-refractivity contribution is 7.91. The molecule has 84 valence electrons. The van der Waals surface area contributed by atoms with Crippen molar-refractivity contribution in [2.24, 2.45) is 0 Å². The van der Waals surface area contributed by atoms with Crippen LogP contribution in [0.25, 0.3) is 0 Å². The van der Waals surface area contributed by atoms with Crippen molar-refractivity contribution < 1.29 is 8.42 Å². The molecular weight excluding hydrogens is 232 g/mol. The Balaban J connectivity index is 2.20. The van der Waals surface area contributed by atoms with E-state index in [4.69, 9.17) is 0 Å². The molecule has 0 radical (unpaired) electrons. The second-order valence-electron chi connectivity index (χ2n) is 3.78. The van der Waals surface area contributed by atoms with Crippen molar-refractivity contribution in [3.8, 4) is 0 Å². The summed E-state index contributed by atoms with van der Waals surface area (Å²) in [7, 11) is -3.29. The maximum absolute atomic E-state index is 11.9. The van der Waals surface area contributed by atoms with Crippen LogP contribution in [0.4, 0.5) is 0 Å². The van der Waals surface area contributed by atoms with Crippen molar-refractivity contribution in [2.75, 3.05) is 13.1 Å². The first kappa shape index (κ1) is 11.1. The van der Waals surface area contributed by atoms with Gasteiger partial charge in [0.05, 0.1) is 0 Å². The zero-order valence-electron chi connectivity index (χ0n) is 8.70. The predicted molar refractivity (Wildman–Crippen MR) is 60.8 cm³/mol. The molecule has 1 aliphatic rings. The Kier molecular flexibility index (Phi) is 2.85.